The number of imidazole rings is 1. The summed E-state index contributed by atoms with van der Waals surface area (Å²) in [7, 11) is 0. The van der Waals surface area contributed by atoms with Gasteiger partial charge in [-0.15, -0.1) is 0 Å². The Labute approximate surface area is 114 Å². The highest BCUT2D eigenvalue weighted by atomic mass is 19.1. The van der Waals surface area contributed by atoms with E-state index in [1.807, 2.05) is 0 Å². The van der Waals surface area contributed by atoms with Crippen LogP contribution in [0.5, 0.6) is 0 Å². The fourth-order valence-electron chi connectivity index (χ4n) is 2.96. The molecule has 7 heteroatoms. The second-order valence-electron chi connectivity index (χ2n) is 5.06. The van der Waals surface area contributed by atoms with E-state index in [0.717, 1.165) is 5.57 Å². The molecule has 1 fully saturated rings. The summed E-state index contributed by atoms with van der Waals surface area (Å²) < 4.78 is 15.1. The quantitative estimate of drug-likeness (QED) is 0.634. The van der Waals surface area contributed by atoms with Crippen molar-refractivity contribution in [3.8, 4) is 0 Å². The SMILES string of the molecule is C=C1[C@@H](n2cnc3c(C)nc(F)nc32)[C@H](CO)[C@H]1CO. The Morgan fingerprint density at radius 3 is 2.75 bits per heavy atom. The van der Waals surface area contributed by atoms with E-state index in [2.05, 4.69) is 21.5 Å². The molecule has 2 aromatic heterocycles. The molecule has 0 spiro atoms. The van der Waals surface area contributed by atoms with Crippen LogP contribution in [-0.2, 0) is 0 Å². The number of nitrogens with zero attached hydrogens (tertiary/aromatic N) is 4. The second kappa shape index (κ2) is 4.60. The maximum atomic E-state index is 13.4. The number of hydrogen-bond donors (Lipinski definition) is 2. The average Bonchev–Trinajstić information content (AvgIpc) is 2.80. The molecule has 1 aliphatic rings. The maximum absolute atomic E-state index is 13.4. The molecular weight excluding hydrogens is 263 g/mol. The zero-order chi connectivity index (χ0) is 14.4. The predicted octanol–water partition coefficient (Wildman–Crippen LogP) is 0.602. The summed E-state index contributed by atoms with van der Waals surface area (Å²) in [6, 6.07) is -0.226. The van der Waals surface area contributed by atoms with E-state index in [1.54, 1.807) is 17.8 Å². The van der Waals surface area contributed by atoms with Crippen LogP contribution in [0.15, 0.2) is 18.5 Å². The van der Waals surface area contributed by atoms with Crippen molar-refractivity contribution >= 4 is 11.2 Å². The maximum Gasteiger partial charge on any atom is 0.310 e. The van der Waals surface area contributed by atoms with Gasteiger partial charge in [0, 0.05) is 18.4 Å². The minimum Gasteiger partial charge on any atom is -0.396 e. The van der Waals surface area contributed by atoms with Crippen molar-refractivity contribution < 1.29 is 14.6 Å². The van der Waals surface area contributed by atoms with Crippen molar-refractivity contribution in [2.24, 2.45) is 11.8 Å². The third-order valence-corrected chi connectivity index (χ3v) is 4.05. The van der Waals surface area contributed by atoms with Gasteiger partial charge < -0.3 is 14.8 Å². The number of halogens is 1. The molecule has 2 N–H and O–H groups in total. The third kappa shape index (κ3) is 1.66. The van der Waals surface area contributed by atoms with E-state index in [-0.39, 0.29) is 31.1 Å². The first-order chi connectivity index (χ1) is 9.58. The summed E-state index contributed by atoms with van der Waals surface area (Å²) >= 11 is 0. The smallest absolute Gasteiger partial charge is 0.310 e. The zero-order valence-corrected chi connectivity index (χ0v) is 11.0. The van der Waals surface area contributed by atoms with Crippen molar-refractivity contribution in [2.75, 3.05) is 13.2 Å². The molecular formula is C13H15FN4O2. The minimum absolute atomic E-state index is 0.0600. The Morgan fingerprint density at radius 2 is 2.10 bits per heavy atom. The lowest BCUT2D eigenvalue weighted by Crippen LogP contribution is -2.44. The summed E-state index contributed by atoms with van der Waals surface area (Å²) in [6.07, 6.45) is 0.749. The molecule has 0 radical (unpaired) electrons. The Kier molecular flexibility index (Phi) is 3.02. The molecule has 3 rings (SSSR count). The molecule has 2 heterocycles. The molecule has 0 saturated heterocycles. The van der Waals surface area contributed by atoms with Crippen molar-refractivity contribution in [1.82, 2.24) is 19.5 Å². The van der Waals surface area contributed by atoms with Gasteiger partial charge in [0.05, 0.1) is 24.7 Å². The highest BCUT2D eigenvalue weighted by molar-refractivity contribution is 5.73. The summed E-state index contributed by atoms with van der Waals surface area (Å²) in [5.41, 5.74) is 2.18. The van der Waals surface area contributed by atoms with Crippen LogP contribution in [0, 0.1) is 24.8 Å². The van der Waals surface area contributed by atoms with Gasteiger partial charge in [0.15, 0.2) is 5.65 Å². The van der Waals surface area contributed by atoms with Gasteiger partial charge in [-0.25, -0.2) is 9.97 Å². The molecule has 6 nitrogen and oxygen atoms in total. The van der Waals surface area contributed by atoms with E-state index in [9.17, 15) is 14.6 Å². The summed E-state index contributed by atoms with van der Waals surface area (Å²) in [6.45, 7) is 5.47. The molecule has 3 atom stereocenters. The highest BCUT2D eigenvalue weighted by Gasteiger charge is 2.45. The largest absolute Gasteiger partial charge is 0.396 e. The lowest BCUT2D eigenvalue weighted by Gasteiger charge is -2.46. The summed E-state index contributed by atoms with van der Waals surface area (Å²) in [5.74, 6) is -0.307. The van der Waals surface area contributed by atoms with Crippen molar-refractivity contribution in [3.05, 3.63) is 30.3 Å². The summed E-state index contributed by atoms with van der Waals surface area (Å²) in [5, 5.41) is 18.8. The van der Waals surface area contributed by atoms with Crippen LogP contribution in [-0.4, -0.2) is 42.9 Å². The van der Waals surface area contributed by atoms with Crippen LogP contribution >= 0.6 is 0 Å². The van der Waals surface area contributed by atoms with Crippen molar-refractivity contribution in [2.45, 2.75) is 13.0 Å². The van der Waals surface area contributed by atoms with E-state index < -0.39 is 6.08 Å². The number of aliphatic hydroxyl groups excluding tert-OH is 2. The highest BCUT2D eigenvalue weighted by Crippen LogP contribution is 2.48. The predicted molar refractivity (Wildman–Crippen MR) is 69.3 cm³/mol. The number of rotatable bonds is 3. The van der Waals surface area contributed by atoms with E-state index in [0.29, 0.717) is 16.9 Å². The molecule has 20 heavy (non-hydrogen) atoms. The average molecular weight is 278 g/mol. The fourth-order valence-corrected chi connectivity index (χ4v) is 2.96. The van der Waals surface area contributed by atoms with Crippen LogP contribution in [0.4, 0.5) is 4.39 Å². The number of aliphatic hydroxyl groups is 2. The first-order valence-corrected chi connectivity index (χ1v) is 6.35. The lowest BCUT2D eigenvalue weighted by atomic mass is 9.66. The van der Waals surface area contributed by atoms with Gasteiger partial charge in [-0.05, 0) is 12.5 Å². The molecule has 0 unspecified atom stereocenters. The zero-order valence-electron chi connectivity index (χ0n) is 11.0. The topological polar surface area (TPSA) is 84.1 Å². The molecule has 0 amide bonds. The molecule has 106 valence electrons. The fraction of sp³-hybridized carbons (Fsp3) is 0.462. The molecule has 0 aliphatic heterocycles. The first kappa shape index (κ1) is 13.1. The molecule has 1 aliphatic carbocycles. The Morgan fingerprint density at radius 1 is 1.35 bits per heavy atom. The van der Waals surface area contributed by atoms with Gasteiger partial charge in [-0.3, -0.25) is 0 Å². The standard InChI is InChI=1S/C13H15FN4O2/c1-6-8(3-19)9(4-20)11(6)18-5-15-10-7(2)16-13(14)17-12(10)18/h5,8-9,11,19-20H,1,3-4H2,2H3/t8-,9+,11+/m0/s1. The monoisotopic (exact) mass is 278 g/mol. The third-order valence-electron chi connectivity index (χ3n) is 4.05. The number of fused-ring (bicyclic) bond motifs is 1. The number of aryl methyl sites for hydroxylation is 1. The lowest BCUT2D eigenvalue weighted by molar-refractivity contribution is 0.0536. The van der Waals surface area contributed by atoms with Gasteiger partial charge >= 0.3 is 6.08 Å². The van der Waals surface area contributed by atoms with Crippen LogP contribution < -0.4 is 0 Å². The van der Waals surface area contributed by atoms with Crippen LogP contribution in [0.2, 0.25) is 0 Å². The first-order valence-electron chi connectivity index (χ1n) is 6.35. The Balaban J connectivity index is 2.09. The van der Waals surface area contributed by atoms with Crippen molar-refractivity contribution in [3.63, 3.8) is 0 Å². The van der Waals surface area contributed by atoms with Gasteiger partial charge in [0.2, 0.25) is 0 Å². The normalized spacial score (nSPS) is 26.0. The second-order valence-corrected chi connectivity index (χ2v) is 5.06. The number of hydrogen-bond acceptors (Lipinski definition) is 5. The van der Waals surface area contributed by atoms with Gasteiger partial charge in [-0.2, -0.15) is 9.37 Å². The minimum atomic E-state index is -0.805. The molecule has 2 aromatic rings. The number of aromatic nitrogens is 4. The van der Waals surface area contributed by atoms with Crippen molar-refractivity contribution in [1.29, 1.82) is 0 Å². The van der Waals surface area contributed by atoms with Crippen LogP contribution in [0.1, 0.15) is 11.7 Å². The van der Waals surface area contributed by atoms with Gasteiger partial charge in [0.1, 0.15) is 5.52 Å². The molecule has 0 bridgehead atoms. The van der Waals surface area contributed by atoms with Crippen LogP contribution in [0.25, 0.3) is 11.2 Å². The molecule has 1 saturated carbocycles. The van der Waals surface area contributed by atoms with Gasteiger partial charge in [0.25, 0.3) is 0 Å². The van der Waals surface area contributed by atoms with E-state index in [1.165, 1.54) is 0 Å². The Bertz CT molecular complexity index is 684. The van der Waals surface area contributed by atoms with Gasteiger partial charge in [-0.1, -0.05) is 6.58 Å². The van der Waals surface area contributed by atoms with E-state index in [4.69, 9.17) is 0 Å². The molecule has 0 aromatic carbocycles. The Hall–Kier alpha value is -1.86. The van der Waals surface area contributed by atoms with Crippen LogP contribution in [0.3, 0.4) is 0 Å². The summed E-state index contributed by atoms with van der Waals surface area (Å²) in [4.78, 5) is 11.6. The van der Waals surface area contributed by atoms with E-state index >= 15 is 0 Å².